The fourth-order valence-electron chi connectivity index (χ4n) is 3.78. The maximum Gasteiger partial charge on any atom is 0.0494 e. The Bertz CT molecular complexity index is 223. The summed E-state index contributed by atoms with van der Waals surface area (Å²) in [6.45, 7) is 3.97. The Labute approximate surface area is 119 Å². The molecule has 2 heteroatoms. The lowest BCUT2D eigenvalue weighted by atomic mass is 10.0. The molecule has 0 heterocycles. The third kappa shape index (κ3) is 5.83. The molecule has 0 amide bonds. The fourth-order valence-corrected chi connectivity index (χ4v) is 3.78. The molecule has 2 saturated carbocycles. The van der Waals surface area contributed by atoms with E-state index in [2.05, 4.69) is 12.2 Å². The van der Waals surface area contributed by atoms with E-state index in [0.717, 1.165) is 31.2 Å². The molecule has 2 fully saturated rings. The Morgan fingerprint density at radius 1 is 0.789 bits per heavy atom. The van der Waals surface area contributed by atoms with Gasteiger partial charge >= 0.3 is 0 Å². The first-order valence-corrected chi connectivity index (χ1v) is 8.72. The highest BCUT2D eigenvalue weighted by Crippen LogP contribution is 2.25. The summed E-state index contributed by atoms with van der Waals surface area (Å²) in [5.41, 5.74) is 0. The van der Waals surface area contributed by atoms with E-state index in [-0.39, 0.29) is 0 Å². The molecule has 0 saturated heterocycles. The molecule has 0 aromatic heterocycles. The van der Waals surface area contributed by atoms with Crippen LogP contribution in [0, 0.1) is 5.92 Å². The average molecular weight is 267 g/mol. The van der Waals surface area contributed by atoms with E-state index in [1.54, 1.807) is 0 Å². The SMILES string of the molecule is CCOCC1CCCC(NC2CCCCCC2)CC1. The average Bonchev–Trinajstić information content (AvgIpc) is 2.80. The molecule has 2 aliphatic carbocycles. The normalized spacial score (nSPS) is 30.8. The zero-order valence-electron chi connectivity index (χ0n) is 12.8. The largest absolute Gasteiger partial charge is 0.381 e. The molecule has 112 valence electrons. The van der Waals surface area contributed by atoms with Crippen molar-refractivity contribution >= 4 is 0 Å². The van der Waals surface area contributed by atoms with Crippen molar-refractivity contribution in [2.24, 2.45) is 5.92 Å². The Hall–Kier alpha value is -0.0800. The van der Waals surface area contributed by atoms with Gasteiger partial charge in [0.1, 0.15) is 0 Å². The summed E-state index contributed by atoms with van der Waals surface area (Å²) >= 11 is 0. The molecular formula is C17H33NO. The quantitative estimate of drug-likeness (QED) is 0.751. The van der Waals surface area contributed by atoms with Crippen molar-refractivity contribution in [2.45, 2.75) is 89.6 Å². The Balaban J connectivity index is 1.69. The van der Waals surface area contributed by atoms with Crippen LogP contribution in [0.5, 0.6) is 0 Å². The summed E-state index contributed by atoms with van der Waals surface area (Å²) in [7, 11) is 0. The molecule has 2 nitrogen and oxygen atoms in total. The highest BCUT2D eigenvalue weighted by Gasteiger charge is 2.21. The van der Waals surface area contributed by atoms with Gasteiger partial charge in [-0.25, -0.2) is 0 Å². The van der Waals surface area contributed by atoms with Crippen LogP contribution in [-0.2, 0) is 4.74 Å². The van der Waals surface area contributed by atoms with Crippen LogP contribution < -0.4 is 5.32 Å². The van der Waals surface area contributed by atoms with Gasteiger partial charge in [-0.2, -0.15) is 0 Å². The van der Waals surface area contributed by atoms with E-state index >= 15 is 0 Å². The lowest BCUT2D eigenvalue weighted by molar-refractivity contribution is 0.104. The molecule has 2 unspecified atom stereocenters. The van der Waals surface area contributed by atoms with Crippen molar-refractivity contribution in [2.75, 3.05) is 13.2 Å². The van der Waals surface area contributed by atoms with Crippen molar-refractivity contribution in [3.63, 3.8) is 0 Å². The number of ether oxygens (including phenoxy) is 1. The van der Waals surface area contributed by atoms with E-state index in [1.807, 2.05) is 0 Å². The Kier molecular flexibility index (Phi) is 7.23. The smallest absolute Gasteiger partial charge is 0.0494 e. The number of hydrogen-bond donors (Lipinski definition) is 1. The third-order valence-corrected chi connectivity index (χ3v) is 4.97. The molecular weight excluding hydrogens is 234 g/mol. The second-order valence-electron chi connectivity index (χ2n) is 6.59. The van der Waals surface area contributed by atoms with Crippen LogP contribution in [0.4, 0.5) is 0 Å². The van der Waals surface area contributed by atoms with Gasteiger partial charge in [0.05, 0.1) is 0 Å². The van der Waals surface area contributed by atoms with Crippen LogP contribution in [0.3, 0.4) is 0 Å². The van der Waals surface area contributed by atoms with Gasteiger partial charge in [0.25, 0.3) is 0 Å². The van der Waals surface area contributed by atoms with Gasteiger partial charge in [-0.3, -0.25) is 0 Å². The molecule has 0 spiro atoms. The van der Waals surface area contributed by atoms with Crippen LogP contribution >= 0.6 is 0 Å². The molecule has 19 heavy (non-hydrogen) atoms. The highest BCUT2D eigenvalue weighted by atomic mass is 16.5. The highest BCUT2D eigenvalue weighted by molar-refractivity contribution is 4.80. The molecule has 0 aliphatic heterocycles. The van der Waals surface area contributed by atoms with E-state index < -0.39 is 0 Å². The maximum atomic E-state index is 5.61. The number of rotatable bonds is 5. The van der Waals surface area contributed by atoms with Crippen molar-refractivity contribution in [3.8, 4) is 0 Å². The summed E-state index contributed by atoms with van der Waals surface area (Å²) in [6, 6.07) is 1.60. The van der Waals surface area contributed by atoms with Gasteiger partial charge in [0.2, 0.25) is 0 Å². The van der Waals surface area contributed by atoms with Crippen LogP contribution in [0.15, 0.2) is 0 Å². The second kappa shape index (κ2) is 8.97. The van der Waals surface area contributed by atoms with Gasteiger partial charge in [-0.05, 0) is 51.4 Å². The van der Waals surface area contributed by atoms with E-state index in [9.17, 15) is 0 Å². The molecule has 1 N–H and O–H groups in total. The number of nitrogens with one attached hydrogen (secondary N) is 1. The monoisotopic (exact) mass is 267 g/mol. The van der Waals surface area contributed by atoms with Gasteiger partial charge in [0, 0.05) is 25.3 Å². The van der Waals surface area contributed by atoms with Crippen molar-refractivity contribution in [3.05, 3.63) is 0 Å². The van der Waals surface area contributed by atoms with Gasteiger partial charge in [-0.15, -0.1) is 0 Å². The summed E-state index contributed by atoms with van der Waals surface area (Å²) in [6.07, 6.45) is 15.5. The summed E-state index contributed by atoms with van der Waals surface area (Å²) < 4.78 is 5.61. The lowest BCUT2D eigenvalue weighted by Gasteiger charge is -2.24. The van der Waals surface area contributed by atoms with Crippen molar-refractivity contribution < 1.29 is 4.74 Å². The lowest BCUT2D eigenvalue weighted by Crippen LogP contribution is -2.37. The van der Waals surface area contributed by atoms with Crippen molar-refractivity contribution in [1.82, 2.24) is 5.32 Å². The molecule has 0 radical (unpaired) electrons. The fraction of sp³-hybridized carbons (Fsp3) is 1.00. The summed E-state index contributed by atoms with van der Waals surface area (Å²) in [4.78, 5) is 0. The van der Waals surface area contributed by atoms with Crippen LogP contribution in [0.25, 0.3) is 0 Å². The standard InChI is InChI=1S/C17H33NO/c1-2-19-14-15-8-7-11-17(13-12-15)18-16-9-5-3-4-6-10-16/h15-18H,2-14H2,1H3. The minimum Gasteiger partial charge on any atom is -0.381 e. The maximum absolute atomic E-state index is 5.61. The molecule has 2 atom stereocenters. The van der Waals surface area contributed by atoms with Crippen LogP contribution in [0.1, 0.15) is 77.6 Å². The molecule has 0 aromatic rings. The van der Waals surface area contributed by atoms with Crippen LogP contribution in [-0.4, -0.2) is 25.3 Å². The van der Waals surface area contributed by atoms with Gasteiger partial charge in [0.15, 0.2) is 0 Å². The van der Waals surface area contributed by atoms with Crippen molar-refractivity contribution in [1.29, 1.82) is 0 Å². The molecule has 0 bridgehead atoms. The first-order chi connectivity index (χ1) is 9.38. The van der Waals surface area contributed by atoms with E-state index in [4.69, 9.17) is 4.74 Å². The molecule has 0 aromatic carbocycles. The van der Waals surface area contributed by atoms with E-state index in [1.165, 1.54) is 70.6 Å². The molecule has 2 aliphatic rings. The van der Waals surface area contributed by atoms with Gasteiger partial charge < -0.3 is 10.1 Å². The van der Waals surface area contributed by atoms with Crippen LogP contribution in [0.2, 0.25) is 0 Å². The predicted molar refractivity (Wildman–Crippen MR) is 81.5 cm³/mol. The summed E-state index contributed by atoms with van der Waals surface area (Å²) in [5.74, 6) is 0.820. The minimum absolute atomic E-state index is 0.787. The zero-order valence-corrected chi connectivity index (χ0v) is 12.8. The first kappa shape index (κ1) is 15.3. The minimum atomic E-state index is 0.787. The topological polar surface area (TPSA) is 21.3 Å². The van der Waals surface area contributed by atoms with E-state index in [0.29, 0.717) is 0 Å². The summed E-state index contributed by atoms with van der Waals surface area (Å²) in [5, 5.41) is 3.97. The van der Waals surface area contributed by atoms with Gasteiger partial charge in [-0.1, -0.05) is 32.1 Å². The third-order valence-electron chi connectivity index (χ3n) is 4.97. The Morgan fingerprint density at radius 2 is 1.47 bits per heavy atom. The second-order valence-corrected chi connectivity index (χ2v) is 6.59. The molecule has 2 rings (SSSR count). The Morgan fingerprint density at radius 3 is 2.21 bits per heavy atom. The predicted octanol–water partition coefficient (Wildman–Crippen LogP) is 4.28. The number of hydrogen-bond acceptors (Lipinski definition) is 2. The zero-order chi connectivity index (χ0) is 13.3. The first-order valence-electron chi connectivity index (χ1n) is 8.72.